The van der Waals surface area contributed by atoms with Gasteiger partial charge in [0, 0.05) is 72.9 Å². The van der Waals surface area contributed by atoms with E-state index in [1.54, 1.807) is 43.0 Å². The third-order valence-corrected chi connectivity index (χ3v) is 23.4. The van der Waals surface area contributed by atoms with Crippen molar-refractivity contribution < 1.29 is 71.6 Å². The van der Waals surface area contributed by atoms with E-state index < -0.39 is 52.1 Å². The van der Waals surface area contributed by atoms with E-state index in [9.17, 15) is 47.9 Å². The molecule has 1 aliphatic heterocycles. The summed E-state index contributed by atoms with van der Waals surface area (Å²) in [7, 11) is 0. The molecule has 0 radical (unpaired) electrons. The molecule has 0 saturated heterocycles. The summed E-state index contributed by atoms with van der Waals surface area (Å²) in [5.74, 6) is 2.80. The summed E-state index contributed by atoms with van der Waals surface area (Å²) >= 11 is 0. The predicted molar refractivity (Wildman–Crippen MR) is 422 cm³/mol. The molecule has 25 heteroatoms. The van der Waals surface area contributed by atoms with Gasteiger partial charge in [-0.15, -0.1) is 0 Å². The monoisotopic (exact) mass is 1520 g/mol. The smallest absolute Gasteiger partial charge is 0.411 e. The van der Waals surface area contributed by atoms with Crippen molar-refractivity contribution in [3.63, 3.8) is 0 Å². The zero-order valence-corrected chi connectivity index (χ0v) is 65.0. The van der Waals surface area contributed by atoms with Crippen LogP contribution in [0.5, 0.6) is 0 Å². The number of nitrogens with zero attached hydrogens (tertiary/aromatic N) is 1. The first kappa shape index (κ1) is 83.6. The van der Waals surface area contributed by atoms with Crippen LogP contribution in [0.2, 0.25) is 0 Å². The number of fused-ring (bicyclic) bond motifs is 8. The minimum Gasteiger partial charge on any atom is -0.444 e. The van der Waals surface area contributed by atoms with Crippen molar-refractivity contribution in [1.29, 1.82) is 0 Å². The number of nitrogens with two attached hydrogens (primary N) is 2. The number of Topliss-reactive ketones (excluding diaryl/α,β-unsaturated/α-hetero) is 1. The number of carbonyl (C=O) groups is 10. The predicted octanol–water partition coefficient (Wildman–Crippen LogP) is 10.1. The van der Waals surface area contributed by atoms with Crippen LogP contribution in [-0.4, -0.2) is 138 Å². The Morgan fingerprint density at radius 2 is 1.13 bits per heavy atom. The van der Waals surface area contributed by atoms with Crippen molar-refractivity contribution in [3.8, 4) is 11.8 Å². The third-order valence-electron chi connectivity index (χ3n) is 23.4. The molecule has 0 bridgehead atoms. The van der Waals surface area contributed by atoms with Gasteiger partial charge >= 0.3 is 12.1 Å². The molecule has 4 aliphatic carbocycles. The number of nitrogens with one attached hydrogen (secondary N) is 7. The number of aryl methyl sites for hydroxylation is 2. The fraction of sp³-hybridized carbons (Fsp3) is 0.512. The quantitative estimate of drug-likeness (QED) is 0.0102. The number of carbonyl (C=O) groups excluding carboxylic acids is 10. The average molecular weight is 1520 g/mol. The maximum atomic E-state index is 14.9. The highest BCUT2D eigenvalue weighted by atomic mass is 16.6. The Balaban J connectivity index is 0.608. The first-order chi connectivity index (χ1) is 53.3. The number of amides is 10. The number of urea groups is 1. The Morgan fingerprint density at radius 3 is 1.73 bits per heavy atom. The molecule has 111 heavy (non-hydrogen) atoms. The fourth-order valence-electron chi connectivity index (χ4n) is 17.4. The molecule has 2 saturated carbocycles. The van der Waals surface area contributed by atoms with Crippen molar-refractivity contribution in [3.05, 3.63) is 154 Å². The van der Waals surface area contributed by atoms with E-state index in [1.165, 1.54) is 5.56 Å². The second-order valence-corrected chi connectivity index (χ2v) is 31.3. The molecule has 0 unspecified atom stereocenters. The minimum absolute atomic E-state index is 0.0225. The lowest BCUT2D eigenvalue weighted by molar-refractivity contribution is -0.150. The topological polar surface area (TPSA) is 356 Å². The Kier molecular flexibility index (Phi) is 29.3. The van der Waals surface area contributed by atoms with Gasteiger partial charge in [0.15, 0.2) is 5.78 Å². The van der Waals surface area contributed by atoms with Gasteiger partial charge in [0.1, 0.15) is 6.61 Å². The molecule has 10 rings (SSSR count). The lowest BCUT2D eigenvalue weighted by Crippen LogP contribution is -2.60. The van der Waals surface area contributed by atoms with E-state index in [1.807, 2.05) is 92.7 Å². The zero-order chi connectivity index (χ0) is 79.3. The van der Waals surface area contributed by atoms with E-state index in [4.69, 9.17) is 35.2 Å². The van der Waals surface area contributed by atoms with Gasteiger partial charge in [0.25, 0.3) is 0 Å². The van der Waals surface area contributed by atoms with Gasteiger partial charge in [-0.25, -0.2) is 9.59 Å². The Bertz CT molecular complexity index is 4250. The number of anilines is 4. The molecular weight excluding hydrogens is 1410 g/mol. The lowest BCUT2D eigenvalue weighted by atomic mass is 9.49. The molecule has 0 aromatic heterocycles. The summed E-state index contributed by atoms with van der Waals surface area (Å²) in [4.78, 5) is 136. The van der Waals surface area contributed by atoms with Crippen LogP contribution < -0.4 is 53.6 Å². The van der Waals surface area contributed by atoms with Crippen LogP contribution in [0.25, 0.3) is 0 Å². The van der Waals surface area contributed by atoms with Crippen molar-refractivity contribution in [2.24, 2.45) is 46.0 Å². The number of hydrogen-bond acceptors (Lipinski definition) is 16. The number of ketones is 1. The van der Waals surface area contributed by atoms with Gasteiger partial charge < -0.3 is 66.6 Å². The number of ether oxygens (including phenoxy) is 5. The summed E-state index contributed by atoms with van der Waals surface area (Å²) in [5.41, 5.74) is 18.6. The average Bonchev–Trinajstić information content (AvgIpc) is 0.724. The van der Waals surface area contributed by atoms with Gasteiger partial charge in [-0.1, -0.05) is 121 Å². The molecule has 25 nitrogen and oxygen atoms in total. The Labute approximate surface area is 651 Å². The number of hydrogen-bond donors (Lipinski definition) is 9. The zero-order valence-electron chi connectivity index (χ0n) is 65.0. The van der Waals surface area contributed by atoms with Crippen LogP contribution in [0.3, 0.4) is 0 Å². The first-order valence-corrected chi connectivity index (χ1v) is 39.2. The van der Waals surface area contributed by atoms with Gasteiger partial charge in [-0.05, 0) is 181 Å². The van der Waals surface area contributed by atoms with E-state index in [0.29, 0.717) is 74.9 Å². The minimum atomic E-state index is -0.898. The van der Waals surface area contributed by atoms with Crippen LogP contribution in [0.4, 0.5) is 32.3 Å². The Hall–Kier alpha value is -9.84. The molecule has 1 heterocycles. The van der Waals surface area contributed by atoms with E-state index in [-0.39, 0.29) is 143 Å². The van der Waals surface area contributed by atoms with Gasteiger partial charge in [0.2, 0.25) is 41.4 Å². The summed E-state index contributed by atoms with van der Waals surface area (Å²) in [6.07, 6.45) is 7.42. The molecule has 5 aliphatic rings. The second-order valence-electron chi connectivity index (χ2n) is 31.3. The van der Waals surface area contributed by atoms with Crippen molar-refractivity contribution in [2.45, 2.75) is 174 Å². The fourth-order valence-corrected chi connectivity index (χ4v) is 17.4. The van der Waals surface area contributed by atoms with Crippen LogP contribution in [-0.2, 0) is 98.9 Å². The molecule has 2 fully saturated rings. The molecule has 5 aromatic rings. The van der Waals surface area contributed by atoms with Crippen LogP contribution in [0.15, 0.2) is 109 Å². The highest BCUT2D eigenvalue weighted by Gasteiger charge is 2.59. The molecule has 10 amide bonds. The summed E-state index contributed by atoms with van der Waals surface area (Å²) < 4.78 is 28.1. The van der Waals surface area contributed by atoms with Crippen molar-refractivity contribution >= 4 is 82.0 Å². The molecule has 0 spiro atoms. The van der Waals surface area contributed by atoms with E-state index in [2.05, 4.69) is 69.0 Å². The normalized spacial score (nSPS) is 21.1. The standard InChI is InChI=1S/C86H110N10O15/c1-56(2)77(94-74(99)35-42-107-44-46-109-48-49-110-47-45-108-43-41-89-73(98)33-34-76(101)96-54-63-16-8-7-14-58(63)21-22-61-15-9-10-18-69(61)96)70(97)50-62(17-11-40-90-81(88)105)78(102)92-64-27-19-57(20-28-64)55-111-82(106)93-66-30-24-60-26-32-72-84(4,68(60)52-66)37-13-39-86(72,6)80(104)95-79(103)85(5)38-12-36-83(3)67-51-65(91-75(100)53-87)29-23-59(67)25-31-71(83)85/h7-10,14-16,18-20,23-24,27-30,51-52,56,62,71-72,77H,11-13,17,25-26,31-50,53-55,87H2,1-6H3,(H,89,98)(H,91,100)(H,92,102)(H,93,106)(H,94,99)(H3,88,90,105)(H,95,103,104)/t62-,71-,72-,77+,83-,84-,85+,86+/m1/s1. The number of benzene rings is 5. The summed E-state index contributed by atoms with van der Waals surface area (Å²) in [6, 6.07) is 32.3. The van der Waals surface area contributed by atoms with Crippen LogP contribution >= 0.6 is 0 Å². The van der Waals surface area contributed by atoms with Crippen molar-refractivity contribution in [1.82, 2.24) is 21.3 Å². The maximum Gasteiger partial charge on any atom is 0.411 e. The first-order valence-electron chi connectivity index (χ1n) is 39.2. The SMILES string of the molecule is CC(C)[C@H](NC(=O)CCOCCOCCOCCOCCNC(=O)CCC(=O)N1Cc2ccccc2C#Cc2ccccc21)C(=O)C[C@@H](CCCNC(N)=O)C(=O)Nc1ccc(COC(=O)Nc2ccc3c(c2)[C@@]2(C)CCC[C@](C)(C(=O)NC(=O)[C@@]4(C)CCC[C@]5(C)c6cc(NC(=O)CN)ccc6CC[C@@H]45)[C@@H]2CC3)cc1. The molecule has 594 valence electrons. The largest absolute Gasteiger partial charge is 0.444 e. The number of rotatable bonds is 36. The Morgan fingerprint density at radius 1 is 0.568 bits per heavy atom. The lowest BCUT2D eigenvalue weighted by Gasteiger charge is -2.56. The van der Waals surface area contributed by atoms with Crippen molar-refractivity contribution in [2.75, 3.05) is 93.3 Å². The van der Waals surface area contributed by atoms with Gasteiger partial charge in [0.05, 0.1) is 88.5 Å². The molecular formula is C86H110N10O15. The highest BCUT2D eigenvalue weighted by molar-refractivity contribution is 6.02. The summed E-state index contributed by atoms with van der Waals surface area (Å²) in [5, 5.41) is 19.9. The number of para-hydroxylation sites is 1. The second kappa shape index (κ2) is 38.9. The molecule has 5 aromatic carbocycles. The van der Waals surface area contributed by atoms with Crippen LogP contribution in [0, 0.1) is 46.3 Å². The van der Waals surface area contributed by atoms with E-state index in [0.717, 1.165) is 90.4 Å². The van der Waals surface area contributed by atoms with Crippen LogP contribution in [0.1, 0.15) is 176 Å². The number of primary amides is 1. The third kappa shape index (κ3) is 21.4. The van der Waals surface area contributed by atoms with Gasteiger partial charge in [-0.2, -0.15) is 0 Å². The molecule has 11 N–H and O–H groups in total. The van der Waals surface area contributed by atoms with Gasteiger partial charge in [-0.3, -0.25) is 49.0 Å². The number of imide groups is 1. The molecule has 8 atom stereocenters. The highest BCUT2D eigenvalue weighted by Crippen LogP contribution is 2.60. The summed E-state index contributed by atoms with van der Waals surface area (Å²) in [6.45, 7) is 14.8. The maximum absolute atomic E-state index is 14.9. The van der Waals surface area contributed by atoms with E-state index >= 15 is 0 Å².